The van der Waals surface area contributed by atoms with Crippen molar-refractivity contribution in [3.63, 3.8) is 0 Å². The van der Waals surface area contributed by atoms with Gasteiger partial charge in [-0.25, -0.2) is 4.79 Å². The third kappa shape index (κ3) is 4.62. The number of urea groups is 1. The molecule has 3 amide bonds. The monoisotopic (exact) mass is 474 g/mol. The second-order valence-corrected chi connectivity index (χ2v) is 7.71. The zero-order valence-electron chi connectivity index (χ0n) is 18.6. The molecule has 3 aromatic rings. The Balaban J connectivity index is 2.02. The van der Waals surface area contributed by atoms with Gasteiger partial charge in [-0.2, -0.15) is 0 Å². The first-order valence-electron chi connectivity index (χ1n) is 10.7. The van der Waals surface area contributed by atoms with Crippen molar-refractivity contribution in [2.75, 3.05) is 6.61 Å². The van der Waals surface area contributed by atoms with Crippen molar-refractivity contribution in [2.24, 2.45) is 5.73 Å². The number of hydrogen-bond acceptors (Lipinski definition) is 6. The number of rotatable bonds is 7. The molecule has 1 aliphatic rings. The molecule has 0 aromatic heterocycles. The van der Waals surface area contributed by atoms with Gasteiger partial charge in [0, 0.05) is 17.2 Å². The molecule has 0 bridgehead atoms. The van der Waals surface area contributed by atoms with E-state index in [1.54, 1.807) is 43.3 Å². The second-order valence-electron chi connectivity index (χ2n) is 7.71. The van der Waals surface area contributed by atoms with Gasteiger partial charge in [-0.15, -0.1) is 0 Å². The first-order valence-corrected chi connectivity index (χ1v) is 10.7. The van der Waals surface area contributed by atoms with Crippen LogP contribution in [0.1, 0.15) is 40.0 Å². The normalized spacial score (nSPS) is 15.2. The standard InChI is InChI=1S/C25H22N4O6/c1-2-35-19-13-17(12-18(23(19)30)29(33)34)22-20(15-9-6-10-16(11-15)24(26)31)21(27-25(32)28-22)14-7-4-3-5-8-14/h3-13,22,30H,2H2,1H3,(H2,26,31)(H2,27,28,32). The van der Waals surface area contributed by atoms with E-state index in [2.05, 4.69) is 10.6 Å². The molecular weight excluding hydrogens is 452 g/mol. The number of phenolic OH excluding ortho intramolecular Hbond substituents is 1. The predicted molar refractivity (Wildman–Crippen MR) is 129 cm³/mol. The molecule has 10 nitrogen and oxygen atoms in total. The minimum absolute atomic E-state index is 0.0871. The fraction of sp³-hybridized carbons (Fsp3) is 0.120. The van der Waals surface area contributed by atoms with Crippen molar-refractivity contribution in [1.29, 1.82) is 0 Å². The van der Waals surface area contributed by atoms with E-state index in [0.29, 0.717) is 28.0 Å². The summed E-state index contributed by atoms with van der Waals surface area (Å²) >= 11 is 0. The Bertz CT molecular complexity index is 1350. The average molecular weight is 474 g/mol. The van der Waals surface area contributed by atoms with E-state index in [9.17, 15) is 24.8 Å². The molecular formula is C25H22N4O6. The molecule has 178 valence electrons. The van der Waals surface area contributed by atoms with Gasteiger partial charge in [0.2, 0.25) is 11.7 Å². The zero-order chi connectivity index (χ0) is 25.1. The van der Waals surface area contributed by atoms with E-state index in [-0.39, 0.29) is 17.9 Å². The highest BCUT2D eigenvalue weighted by Gasteiger charge is 2.33. The SMILES string of the molecule is CCOc1cc(C2NC(=O)NC(c3ccccc3)=C2c2cccc(C(N)=O)c2)cc([N+](=O)[O-])c1O. The van der Waals surface area contributed by atoms with Crippen LogP contribution in [0.3, 0.4) is 0 Å². The van der Waals surface area contributed by atoms with Crippen LogP contribution in [-0.4, -0.2) is 28.6 Å². The molecule has 35 heavy (non-hydrogen) atoms. The number of carbonyl (C=O) groups is 2. The highest BCUT2D eigenvalue weighted by molar-refractivity contribution is 6.04. The lowest BCUT2D eigenvalue weighted by molar-refractivity contribution is -0.386. The van der Waals surface area contributed by atoms with Crippen LogP contribution in [-0.2, 0) is 0 Å². The fourth-order valence-electron chi connectivity index (χ4n) is 3.98. The molecule has 1 atom stereocenters. The minimum atomic E-state index is -0.888. The summed E-state index contributed by atoms with van der Waals surface area (Å²) < 4.78 is 5.43. The number of aromatic hydroxyl groups is 1. The lowest BCUT2D eigenvalue weighted by atomic mass is 9.87. The number of nitro benzene ring substituents is 1. The molecule has 3 aromatic carbocycles. The van der Waals surface area contributed by atoms with Gasteiger partial charge >= 0.3 is 11.7 Å². The summed E-state index contributed by atoms with van der Waals surface area (Å²) in [5, 5.41) is 27.6. The number of amides is 3. The van der Waals surface area contributed by atoms with E-state index in [4.69, 9.17) is 10.5 Å². The number of benzene rings is 3. The van der Waals surface area contributed by atoms with Crippen LogP contribution in [0.4, 0.5) is 10.5 Å². The van der Waals surface area contributed by atoms with Crippen LogP contribution < -0.4 is 21.1 Å². The number of nitrogens with two attached hydrogens (primary N) is 1. The van der Waals surface area contributed by atoms with Gasteiger partial charge in [0.1, 0.15) is 0 Å². The molecule has 0 aliphatic carbocycles. The number of nitrogens with one attached hydrogen (secondary N) is 2. The molecule has 10 heteroatoms. The van der Waals surface area contributed by atoms with Crippen LogP contribution in [0.5, 0.6) is 11.5 Å². The maximum atomic E-state index is 12.7. The van der Waals surface area contributed by atoms with Crippen molar-refractivity contribution < 1.29 is 24.4 Å². The van der Waals surface area contributed by atoms with Gasteiger partial charge in [0.25, 0.3) is 0 Å². The summed E-state index contributed by atoms with van der Waals surface area (Å²) in [7, 11) is 0. The van der Waals surface area contributed by atoms with Crippen molar-refractivity contribution >= 4 is 28.9 Å². The second kappa shape index (κ2) is 9.56. The quantitative estimate of drug-likeness (QED) is 0.302. The molecule has 0 radical (unpaired) electrons. The highest BCUT2D eigenvalue weighted by atomic mass is 16.6. The van der Waals surface area contributed by atoms with Gasteiger partial charge in [-0.3, -0.25) is 14.9 Å². The third-order valence-corrected chi connectivity index (χ3v) is 5.50. The van der Waals surface area contributed by atoms with Gasteiger partial charge in [-0.1, -0.05) is 42.5 Å². The number of nitrogens with zero attached hydrogens (tertiary/aromatic N) is 1. The van der Waals surface area contributed by atoms with Gasteiger partial charge < -0.3 is 26.2 Å². The summed E-state index contributed by atoms with van der Waals surface area (Å²) in [6.45, 7) is 1.84. The topological polar surface area (TPSA) is 157 Å². The molecule has 0 spiro atoms. The molecule has 1 unspecified atom stereocenters. The summed E-state index contributed by atoms with van der Waals surface area (Å²) in [5.41, 5.74) is 7.73. The Hall–Kier alpha value is -4.86. The molecule has 0 fully saturated rings. The van der Waals surface area contributed by atoms with Gasteiger partial charge in [0.05, 0.1) is 23.3 Å². The lowest BCUT2D eigenvalue weighted by Gasteiger charge is -2.31. The Kier molecular flexibility index (Phi) is 6.36. The predicted octanol–water partition coefficient (Wildman–Crippen LogP) is 3.72. The molecule has 0 saturated heterocycles. The van der Waals surface area contributed by atoms with Gasteiger partial charge in [-0.05, 0) is 41.8 Å². The smallest absolute Gasteiger partial charge is 0.320 e. The zero-order valence-corrected chi connectivity index (χ0v) is 18.6. The minimum Gasteiger partial charge on any atom is -0.500 e. The van der Waals surface area contributed by atoms with Crippen LogP contribution >= 0.6 is 0 Å². The van der Waals surface area contributed by atoms with Crippen LogP contribution in [0.25, 0.3) is 11.3 Å². The van der Waals surface area contributed by atoms with Crippen molar-refractivity contribution in [3.05, 3.63) is 99.1 Å². The fourth-order valence-corrected chi connectivity index (χ4v) is 3.98. The number of carbonyl (C=O) groups excluding carboxylic acids is 2. The largest absolute Gasteiger partial charge is 0.500 e. The summed E-state index contributed by atoms with van der Waals surface area (Å²) in [5.74, 6) is -1.32. The van der Waals surface area contributed by atoms with Crippen molar-refractivity contribution in [3.8, 4) is 11.5 Å². The molecule has 1 aliphatic heterocycles. The highest BCUT2D eigenvalue weighted by Crippen LogP contribution is 2.44. The van der Waals surface area contributed by atoms with E-state index >= 15 is 0 Å². The first-order chi connectivity index (χ1) is 16.8. The molecule has 4 rings (SSSR count). The Labute approximate surface area is 200 Å². The lowest BCUT2D eigenvalue weighted by Crippen LogP contribution is -2.43. The molecule has 0 saturated carbocycles. The Morgan fingerprint density at radius 3 is 2.49 bits per heavy atom. The van der Waals surface area contributed by atoms with Crippen LogP contribution in [0, 0.1) is 10.1 Å². The molecule has 5 N–H and O–H groups in total. The van der Waals surface area contributed by atoms with Crippen LogP contribution in [0.2, 0.25) is 0 Å². The number of nitro groups is 1. The maximum absolute atomic E-state index is 12.7. The number of primary amides is 1. The van der Waals surface area contributed by atoms with E-state index < -0.39 is 34.3 Å². The maximum Gasteiger partial charge on any atom is 0.320 e. The Morgan fingerprint density at radius 2 is 1.83 bits per heavy atom. The number of phenols is 1. The van der Waals surface area contributed by atoms with Crippen molar-refractivity contribution in [1.82, 2.24) is 10.6 Å². The van der Waals surface area contributed by atoms with Crippen LogP contribution in [0.15, 0.2) is 66.7 Å². The molecule has 1 heterocycles. The first kappa shape index (κ1) is 23.3. The average Bonchev–Trinajstić information content (AvgIpc) is 2.85. The van der Waals surface area contributed by atoms with E-state index in [1.165, 1.54) is 12.1 Å². The summed E-state index contributed by atoms with van der Waals surface area (Å²) in [6.07, 6.45) is 0. The summed E-state index contributed by atoms with van der Waals surface area (Å²) in [4.78, 5) is 35.5. The van der Waals surface area contributed by atoms with E-state index in [0.717, 1.165) is 0 Å². The summed E-state index contributed by atoms with van der Waals surface area (Å²) in [6, 6.07) is 16.8. The van der Waals surface area contributed by atoms with Crippen molar-refractivity contribution in [2.45, 2.75) is 13.0 Å². The number of ether oxygens (including phenoxy) is 1. The number of hydrogen-bond donors (Lipinski definition) is 4. The third-order valence-electron chi connectivity index (χ3n) is 5.50. The Morgan fingerprint density at radius 1 is 1.11 bits per heavy atom. The van der Waals surface area contributed by atoms with E-state index in [1.807, 2.05) is 18.2 Å². The van der Waals surface area contributed by atoms with Gasteiger partial charge in [0.15, 0.2) is 5.75 Å².